The molecule has 8 nitrogen and oxygen atoms in total. The number of aromatic amines is 1. The number of anilines is 3. The first-order chi connectivity index (χ1) is 15.8. The van der Waals surface area contributed by atoms with Gasteiger partial charge in [-0.3, -0.25) is 9.48 Å². The average Bonchev–Trinajstić information content (AvgIpc) is 3.19. The normalized spacial score (nSPS) is 11.3. The molecule has 11 heteroatoms. The average molecular weight is 454 g/mol. The molecule has 4 aromatic rings. The fourth-order valence-electron chi connectivity index (χ4n) is 3.04. The van der Waals surface area contributed by atoms with E-state index in [1.807, 2.05) is 25.4 Å². The maximum atomic E-state index is 12.6. The van der Waals surface area contributed by atoms with Crippen LogP contribution >= 0.6 is 0 Å². The van der Waals surface area contributed by atoms with Crippen LogP contribution in [0, 0.1) is 0 Å². The van der Waals surface area contributed by atoms with E-state index in [0.29, 0.717) is 5.95 Å². The zero-order valence-corrected chi connectivity index (χ0v) is 17.4. The summed E-state index contributed by atoms with van der Waals surface area (Å²) in [5, 5.41) is 9.70. The summed E-state index contributed by atoms with van der Waals surface area (Å²) in [4.78, 5) is 23.0. The van der Waals surface area contributed by atoms with E-state index in [1.165, 1.54) is 6.07 Å². The minimum absolute atomic E-state index is 0.0752. The third-order valence-electron chi connectivity index (χ3n) is 4.67. The first kappa shape index (κ1) is 21.9. The van der Waals surface area contributed by atoms with Gasteiger partial charge in [0.15, 0.2) is 6.20 Å². The molecule has 0 radical (unpaired) electrons. The molecule has 0 saturated carbocycles. The van der Waals surface area contributed by atoms with Crippen LogP contribution in [0.4, 0.5) is 30.5 Å². The summed E-state index contributed by atoms with van der Waals surface area (Å²) in [5.41, 5.74) is 2.58. The van der Waals surface area contributed by atoms with Gasteiger partial charge in [-0.2, -0.15) is 18.3 Å². The van der Waals surface area contributed by atoms with Gasteiger partial charge in [-0.25, -0.2) is 15.0 Å². The van der Waals surface area contributed by atoms with Gasteiger partial charge in [-0.1, -0.05) is 24.3 Å². The number of alkyl halides is 3. The summed E-state index contributed by atoms with van der Waals surface area (Å²) in [6.07, 6.45) is 3.57. The highest BCUT2D eigenvalue weighted by Crippen LogP contribution is 2.26. The highest BCUT2D eigenvalue weighted by atomic mass is 19.4. The Hall–Kier alpha value is -4.28. The predicted molar refractivity (Wildman–Crippen MR) is 114 cm³/mol. The molecule has 3 heterocycles. The molecule has 0 atom stereocenters. The third-order valence-corrected chi connectivity index (χ3v) is 4.67. The molecule has 0 saturated heterocycles. The molecule has 0 fully saturated rings. The van der Waals surface area contributed by atoms with Gasteiger partial charge in [0.05, 0.1) is 18.3 Å². The van der Waals surface area contributed by atoms with Crippen molar-refractivity contribution in [1.29, 1.82) is 0 Å². The molecule has 168 valence electrons. The van der Waals surface area contributed by atoms with Gasteiger partial charge in [0.25, 0.3) is 5.69 Å². The van der Waals surface area contributed by atoms with E-state index in [2.05, 4.69) is 30.7 Å². The van der Waals surface area contributed by atoms with Crippen molar-refractivity contribution in [1.82, 2.24) is 19.7 Å². The number of H-pyrrole nitrogens is 1. The minimum atomic E-state index is -4.47. The van der Waals surface area contributed by atoms with E-state index < -0.39 is 11.9 Å². The summed E-state index contributed by atoms with van der Waals surface area (Å²) in [7, 11) is 1.82. The van der Waals surface area contributed by atoms with E-state index in [1.54, 1.807) is 35.4 Å². The second-order valence-corrected chi connectivity index (χ2v) is 7.23. The van der Waals surface area contributed by atoms with E-state index >= 15 is 0 Å². The number of carbonyl (C=O) groups is 1. The van der Waals surface area contributed by atoms with Crippen molar-refractivity contribution in [2.75, 3.05) is 10.6 Å². The topological polar surface area (TPSA) is 98.9 Å². The fourth-order valence-corrected chi connectivity index (χ4v) is 3.04. The molecule has 0 spiro atoms. The smallest absolute Gasteiger partial charge is 0.321 e. The number of carbonyl (C=O) groups excluding carboxylic acids is 1. The first-order valence-corrected chi connectivity index (χ1v) is 9.82. The Morgan fingerprint density at radius 1 is 1.00 bits per heavy atom. The molecule has 0 unspecified atom stereocenters. The number of hydrogen-bond donors (Lipinski definition) is 2. The number of benzene rings is 1. The maximum absolute atomic E-state index is 12.6. The lowest BCUT2D eigenvalue weighted by Gasteiger charge is -2.07. The van der Waals surface area contributed by atoms with Crippen LogP contribution in [0.5, 0.6) is 0 Å². The first-order valence-electron chi connectivity index (χ1n) is 9.82. The molecule has 0 aliphatic carbocycles. The van der Waals surface area contributed by atoms with Crippen molar-refractivity contribution in [3.05, 3.63) is 78.6 Å². The summed E-state index contributed by atoms with van der Waals surface area (Å²) in [5.74, 6) is 0.102. The highest BCUT2D eigenvalue weighted by molar-refractivity contribution is 5.92. The maximum Gasteiger partial charge on any atom is 0.477 e. The van der Waals surface area contributed by atoms with Crippen molar-refractivity contribution in [2.24, 2.45) is 7.05 Å². The Labute approximate surface area is 186 Å². The lowest BCUT2D eigenvalue weighted by Crippen LogP contribution is -2.22. The van der Waals surface area contributed by atoms with Crippen LogP contribution in [-0.2, 0) is 24.4 Å². The van der Waals surface area contributed by atoms with Crippen molar-refractivity contribution in [3.8, 4) is 11.1 Å². The molecule has 0 aliphatic heterocycles. The monoisotopic (exact) mass is 454 g/mol. The van der Waals surface area contributed by atoms with Crippen LogP contribution in [0.25, 0.3) is 11.1 Å². The van der Waals surface area contributed by atoms with Gasteiger partial charge in [-0.05, 0) is 17.2 Å². The Morgan fingerprint density at radius 2 is 1.73 bits per heavy atom. The number of nitrogens with one attached hydrogen (secondary N) is 3. The molecule has 1 amide bonds. The van der Waals surface area contributed by atoms with E-state index in [0.717, 1.165) is 34.6 Å². The van der Waals surface area contributed by atoms with Crippen LogP contribution in [-0.4, -0.2) is 25.7 Å². The predicted octanol–water partition coefficient (Wildman–Crippen LogP) is 3.63. The Kier molecular flexibility index (Phi) is 6.03. The number of halogens is 3. The number of rotatable bonds is 6. The van der Waals surface area contributed by atoms with Crippen molar-refractivity contribution >= 4 is 23.2 Å². The van der Waals surface area contributed by atoms with Gasteiger partial charge < -0.3 is 10.6 Å². The lowest BCUT2D eigenvalue weighted by molar-refractivity contribution is -0.425. The van der Waals surface area contributed by atoms with Crippen molar-refractivity contribution in [2.45, 2.75) is 12.6 Å². The third kappa shape index (κ3) is 5.70. The number of aryl methyl sites for hydroxylation is 1. The van der Waals surface area contributed by atoms with Crippen LogP contribution in [0.1, 0.15) is 11.3 Å². The summed E-state index contributed by atoms with van der Waals surface area (Å²) in [6, 6.07) is 9.38. The van der Waals surface area contributed by atoms with Gasteiger partial charge >= 0.3 is 6.18 Å². The van der Waals surface area contributed by atoms with E-state index in [9.17, 15) is 18.0 Å². The number of aromatic nitrogens is 5. The van der Waals surface area contributed by atoms with Crippen LogP contribution in [0.3, 0.4) is 0 Å². The molecule has 3 aromatic heterocycles. The van der Waals surface area contributed by atoms with Gasteiger partial charge in [0.1, 0.15) is 5.69 Å². The summed E-state index contributed by atoms with van der Waals surface area (Å²) >= 11 is 0. The Bertz CT molecular complexity index is 1230. The summed E-state index contributed by atoms with van der Waals surface area (Å²) in [6.45, 7) is 0. The molecule has 4 rings (SSSR count). The quantitative estimate of drug-likeness (QED) is 0.464. The fraction of sp³-hybridized carbons (Fsp3) is 0.136. The molecule has 0 bridgehead atoms. The van der Waals surface area contributed by atoms with Crippen molar-refractivity contribution < 1.29 is 22.9 Å². The number of amides is 1. The number of hydrogen-bond acceptors (Lipinski definition) is 5. The number of pyridine rings is 1. The lowest BCUT2D eigenvalue weighted by atomic mass is 10.1. The van der Waals surface area contributed by atoms with E-state index in [4.69, 9.17) is 0 Å². The molecular weight excluding hydrogens is 435 g/mol. The van der Waals surface area contributed by atoms with E-state index in [-0.39, 0.29) is 18.0 Å². The number of nitrogens with zero attached hydrogens (tertiary/aromatic N) is 4. The summed E-state index contributed by atoms with van der Waals surface area (Å²) < 4.78 is 39.5. The molecule has 1 aromatic carbocycles. The van der Waals surface area contributed by atoms with Gasteiger partial charge in [0, 0.05) is 37.3 Å². The Balaban J connectivity index is 1.34. The zero-order chi connectivity index (χ0) is 23.4. The second kappa shape index (κ2) is 9.07. The van der Waals surface area contributed by atoms with Crippen LogP contribution in [0.2, 0.25) is 0 Å². The highest BCUT2D eigenvalue weighted by Gasteiger charge is 2.37. The van der Waals surface area contributed by atoms with Gasteiger partial charge in [0.2, 0.25) is 11.9 Å². The molecule has 0 aliphatic rings. The van der Waals surface area contributed by atoms with Crippen LogP contribution in [0.15, 0.2) is 67.4 Å². The standard InChI is InChI=1S/C22H18F3N7O/c1-32-13-18(12-29-32)31-21-27-9-16(10-28-21)15-4-2-14(3-5-15)8-20(33)30-17-6-7-19(26-11-17)22(23,24)25/h2-7,9-13H,8H2,1H3,(H,30,33)(H,27,28,31)/p+1. The largest absolute Gasteiger partial charge is 0.477 e. The molecule has 33 heavy (non-hydrogen) atoms. The minimum Gasteiger partial charge on any atom is -0.321 e. The zero-order valence-electron chi connectivity index (χ0n) is 17.4. The van der Waals surface area contributed by atoms with Crippen molar-refractivity contribution in [3.63, 3.8) is 0 Å². The molecule has 3 N–H and O–H groups in total. The van der Waals surface area contributed by atoms with Gasteiger partial charge in [-0.15, -0.1) is 0 Å². The molecular formula is C22H19F3N7O+. The Morgan fingerprint density at radius 3 is 2.30 bits per heavy atom. The SMILES string of the molecule is Cn1cc(Nc2ncc(-c3ccc(CC(=O)Nc4ccc(C(F)(F)F)[nH+]c4)cc3)cn2)cn1. The second-order valence-electron chi connectivity index (χ2n) is 7.23. The van der Waals surface area contributed by atoms with Crippen LogP contribution < -0.4 is 15.6 Å².